The molecule has 0 unspecified atom stereocenters. The molecule has 3 aromatic rings. The van der Waals surface area contributed by atoms with Gasteiger partial charge in [0.15, 0.2) is 5.65 Å². The van der Waals surface area contributed by atoms with E-state index < -0.39 is 12.2 Å². The molecule has 1 aliphatic rings. The summed E-state index contributed by atoms with van der Waals surface area (Å²) in [5.74, 6) is 0.741. The summed E-state index contributed by atoms with van der Waals surface area (Å²) in [7, 11) is 0. The van der Waals surface area contributed by atoms with E-state index >= 15 is 0 Å². The van der Waals surface area contributed by atoms with Crippen molar-refractivity contribution in [3.05, 3.63) is 53.3 Å². The number of halogens is 2. The van der Waals surface area contributed by atoms with Crippen LogP contribution in [0.15, 0.2) is 36.4 Å². The molecule has 124 valence electrons. The second-order valence-electron chi connectivity index (χ2n) is 6.11. The lowest BCUT2D eigenvalue weighted by Crippen LogP contribution is -2.11. The number of hydrogen-bond acceptors (Lipinski definition) is 4. The standard InChI is InChI=1S/C17H17F2N5/c18-16(19)17-22-21-15-6-5-14(23-24(15)17)20-8-7-11-9-12-3-1-2-4-13(12)10-11/h1-6,11,16H,7-10H2,(H,20,23). The molecule has 0 atom stereocenters. The van der Waals surface area contributed by atoms with Gasteiger partial charge in [-0.1, -0.05) is 24.3 Å². The number of fused-ring (bicyclic) bond motifs is 2. The zero-order valence-corrected chi connectivity index (χ0v) is 13.0. The van der Waals surface area contributed by atoms with Gasteiger partial charge in [-0.25, -0.2) is 8.78 Å². The van der Waals surface area contributed by atoms with Gasteiger partial charge in [0.2, 0.25) is 5.82 Å². The first kappa shape index (κ1) is 15.0. The van der Waals surface area contributed by atoms with Crippen molar-refractivity contribution in [1.29, 1.82) is 0 Å². The van der Waals surface area contributed by atoms with Gasteiger partial charge in [-0.2, -0.15) is 4.52 Å². The summed E-state index contributed by atoms with van der Waals surface area (Å²) >= 11 is 0. The van der Waals surface area contributed by atoms with Crippen LogP contribution in [0.1, 0.15) is 29.8 Å². The molecule has 2 aromatic heterocycles. The first-order chi connectivity index (χ1) is 11.7. The average Bonchev–Trinajstić information content (AvgIpc) is 3.17. The molecular weight excluding hydrogens is 312 g/mol. The fourth-order valence-corrected chi connectivity index (χ4v) is 3.29. The van der Waals surface area contributed by atoms with Gasteiger partial charge >= 0.3 is 0 Å². The normalized spacial score (nSPS) is 14.5. The van der Waals surface area contributed by atoms with Crippen molar-refractivity contribution in [1.82, 2.24) is 19.8 Å². The van der Waals surface area contributed by atoms with E-state index in [2.05, 4.69) is 44.9 Å². The summed E-state index contributed by atoms with van der Waals surface area (Å²) in [4.78, 5) is 0. The van der Waals surface area contributed by atoms with E-state index in [1.807, 2.05) is 0 Å². The van der Waals surface area contributed by atoms with E-state index in [1.54, 1.807) is 12.1 Å². The molecule has 0 saturated heterocycles. The number of benzene rings is 1. The van der Waals surface area contributed by atoms with Crippen molar-refractivity contribution in [3.8, 4) is 0 Å². The van der Waals surface area contributed by atoms with E-state index in [0.29, 0.717) is 17.4 Å². The second-order valence-corrected chi connectivity index (χ2v) is 6.11. The molecular formula is C17H17F2N5. The zero-order chi connectivity index (χ0) is 16.5. The number of aromatic nitrogens is 4. The fraction of sp³-hybridized carbons (Fsp3) is 0.353. The van der Waals surface area contributed by atoms with Crippen molar-refractivity contribution in [2.45, 2.75) is 25.7 Å². The number of nitrogens with one attached hydrogen (secondary N) is 1. The molecule has 7 heteroatoms. The summed E-state index contributed by atoms with van der Waals surface area (Å²) in [6.07, 6.45) is 0.522. The van der Waals surface area contributed by atoms with Gasteiger partial charge < -0.3 is 5.32 Å². The number of nitrogens with zero attached hydrogens (tertiary/aromatic N) is 4. The monoisotopic (exact) mass is 329 g/mol. The molecule has 0 aliphatic heterocycles. The highest BCUT2D eigenvalue weighted by Gasteiger charge is 2.20. The Hall–Kier alpha value is -2.57. The van der Waals surface area contributed by atoms with E-state index in [4.69, 9.17) is 0 Å². The van der Waals surface area contributed by atoms with Crippen molar-refractivity contribution in [2.24, 2.45) is 5.92 Å². The van der Waals surface area contributed by atoms with E-state index in [1.165, 1.54) is 11.1 Å². The highest BCUT2D eigenvalue weighted by atomic mass is 19.3. The van der Waals surface area contributed by atoms with E-state index in [-0.39, 0.29) is 0 Å². The van der Waals surface area contributed by atoms with Crippen LogP contribution in [0.4, 0.5) is 14.6 Å². The number of hydrogen-bond donors (Lipinski definition) is 1. The molecule has 1 N–H and O–H groups in total. The highest BCUT2D eigenvalue weighted by Crippen LogP contribution is 2.28. The third-order valence-corrected chi connectivity index (χ3v) is 4.48. The van der Waals surface area contributed by atoms with Gasteiger partial charge in [-0.3, -0.25) is 0 Å². The average molecular weight is 329 g/mol. The predicted octanol–water partition coefficient (Wildman–Crippen LogP) is 3.28. The quantitative estimate of drug-likeness (QED) is 0.780. The summed E-state index contributed by atoms with van der Waals surface area (Å²) in [6, 6.07) is 11.9. The minimum atomic E-state index is -2.69. The molecule has 0 radical (unpaired) electrons. The topological polar surface area (TPSA) is 55.1 Å². The van der Waals surface area contributed by atoms with Gasteiger partial charge in [0.05, 0.1) is 0 Å². The maximum Gasteiger partial charge on any atom is 0.299 e. The molecule has 0 bridgehead atoms. The molecule has 1 aromatic carbocycles. The molecule has 5 nitrogen and oxygen atoms in total. The summed E-state index contributed by atoms with van der Waals surface area (Å²) in [6.45, 7) is 0.753. The van der Waals surface area contributed by atoms with Crippen molar-refractivity contribution >= 4 is 11.5 Å². The smallest absolute Gasteiger partial charge is 0.299 e. The van der Waals surface area contributed by atoms with Crippen LogP contribution in [0.2, 0.25) is 0 Å². The Labute approximate surface area is 137 Å². The van der Waals surface area contributed by atoms with Crippen LogP contribution in [-0.4, -0.2) is 26.4 Å². The molecule has 0 fully saturated rings. The first-order valence-corrected chi connectivity index (χ1v) is 8.02. The van der Waals surface area contributed by atoms with Crippen LogP contribution < -0.4 is 5.32 Å². The van der Waals surface area contributed by atoms with Gasteiger partial charge in [0.1, 0.15) is 5.82 Å². The van der Waals surface area contributed by atoms with Crippen LogP contribution in [0.5, 0.6) is 0 Å². The largest absolute Gasteiger partial charge is 0.369 e. The third-order valence-electron chi connectivity index (χ3n) is 4.48. The van der Waals surface area contributed by atoms with E-state index in [0.717, 1.165) is 30.3 Å². The Bertz CT molecular complexity index is 836. The minimum absolute atomic E-state index is 0.321. The lowest BCUT2D eigenvalue weighted by Gasteiger charge is -2.10. The number of rotatable bonds is 5. The minimum Gasteiger partial charge on any atom is -0.369 e. The Morgan fingerprint density at radius 1 is 1.08 bits per heavy atom. The van der Waals surface area contributed by atoms with Crippen LogP contribution in [0, 0.1) is 5.92 Å². The number of anilines is 1. The highest BCUT2D eigenvalue weighted by molar-refractivity contribution is 5.44. The second kappa shape index (κ2) is 6.14. The molecule has 1 aliphatic carbocycles. The van der Waals surface area contributed by atoms with Crippen LogP contribution in [0.25, 0.3) is 5.65 Å². The third kappa shape index (κ3) is 2.81. The molecule has 0 amide bonds. The maximum atomic E-state index is 12.9. The molecule has 2 heterocycles. The molecule has 24 heavy (non-hydrogen) atoms. The van der Waals surface area contributed by atoms with E-state index in [9.17, 15) is 8.78 Å². The van der Waals surface area contributed by atoms with Crippen LogP contribution in [-0.2, 0) is 12.8 Å². The Morgan fingerprint density at radius 2 is 1.83 bits per heavy atom. The van der Waals surface area contributed by atoms with Crippen LogP contribution >= 0.6 is 0 Å². The lowest BCUT2D eigenvalue weighted by atomic mass is 10.0. The SMILES string of the molecule is FC(F)c1nnc2ccc(NCCC3Cc4ccccc4C3)nn12. The predicted molar refractivity (Wildman–Crippen MR) is 86.2 cm³/mol. The summed E-state index contributed by atoms with van der Waals surface area (Å²) in [5, 5.41) is 14.5. The number of alkyl halides is 2. The van der Waals surface area contributed by atoms with Gasteiger partial charge in [-0.15, -0.1) is 15.3 Å². The molecule has 4 rings (SSSR count). The zero-order valence-electron chi connectivity index (χ0n) is 13.0. The van der Waals surface area contributed by atoms with Crippen molar-refractivity contribution in [2.75, 3.05) is 11.9 Å². The fourth-order valence-electron chi connectivity index (χ4n) is 3.29. The van der Waals surface area contributed by atoms with Crippen molar-refractivity contribution < 1.29 is 8.78 Å². The van der Waals surface area contributed by atoms with Gasteiger partial charge in [0.25, 0.3) is 6.43 Å². The summed E-state index contributed by atoms with van der Waals surface area (Å²) in [5.41, 5.74) is 3.20. The lowest BCUT2D eigenvalue weighted by molar-refractivity contribution is 0.137. The van der Waals surface area contributed by atoms with Crippen LogP contribution in [0.3, 0.4) is 0 Å². The molecule has 0 spiro atoms. The Balaban J connectivity index is 1.38. The van der Waals surface area contributed by atoms with Gasteiger partial charge in [0, 0.05) is 6.54 Å². The molecule has 0 saturated carbocycles. The Morgan fingerprint density at radius 3 is 2.54 bits per heavy atom. The maximum absolute atomic E-state index is 12.9. The van der Waals surface area contributed by atoms with Gasteiger partial charge in [-0.05, 0) is 48.4 Å². The van der Waals surface area contributed by atoms with Crippen molar-refractivity contribution in [3.63, 3.8) is 0 Å². The summed E-state index contributed by atoms with van der Waals surface area (Å²) < 4.78 is 26.8. The first-order valence-electron chi connectivity index (χ1n) is 8.02. The Kier molecular flexibility index (Phi) is 3.84.